The molecule has 8 heteroatoms. The van der Waals surface area contributed by atoms with Crippen molar-refractivity contribution in [2.75, 3.05) is 32.5 Å². The van der Waals surface area contributed by atoms with E-state index in [1.165, 1.54) is 0 Å². The van der Waals surface area contributed by atoms with Gasteiger partial charge < -0.3 is 15.4 Å². The molecule has 1 aliphatic rings. The summed E-state index contributed by atoms with van der Waals surface area (Å²) in [5.41, 5.74) is 0. The van der Waals surface area contributed by atoms with Gasteiger partial charge in [0.1, 0.15) is 0 Å². The van der Waals surface area contributed by atoms with Gasteiger partial charge in [0.25, 0.3) is 0 Å². The number of rotatable bonds is 7. The molecule has 0 amide bonds. The maximum atomic E-state index is 11.9. The molecule has 1 aliphatic heterocycles. The van der Waals surface area contributed by atoms with E-state index in [1.54, 1.807) is 7.05 Å². The quantitative estimate of drug-likeness (QED) is 0.455. The van der Waals surface area contributed by atoms with Crippen LogP contribution in [0.5, 0.6) is 0 Å². The molecule has 0 radical (unpaired) electrons. The van der Waals surface area contributed by atoms with Crippen LogP contribution in [-0.4, -0.2) is 59.0 Å². The van der Waals surface area contributed by atoms with Gasteiger partial charge in [0.05, 0.1) is 11.9 Å². The SMILES string of the molecule is CN=C(NCCS(=O)(=O)NCC1CCCCO1)NC(C)C. The molecule has 124 valence electrons. The van der Waals surface area contributed by atoms with E-state index in [0.29, 0.717) is 19.0 Å². The third-order valence-electron chi connectivity index (χ3n) is 3.12. The molecule has 0 spiro atoms. The first-order valence-corrected chi connectivity index (χ1v) is 9.14. The average Bonchev–Trinajstić information content (AvgIpc) is 2.45. The van der Waals surface area contributed by atoms with Crippen molar-refractivity contribution in [1.82, 2.24) is 15.4 Å². The summed E-state index contributed by atoms with van der Waals surface area (Å²) in [7, 11) is -1.63. The van der Waals surface area contributed by atoms with E-state index in [-0.39, 0.29) is 17.9 Å². The van der Waals surface area contributed by atoms with Gasteiger partial charge in [0.2, 0.25) is 10.0 Å². The lowest BCUT2D eigenvalue weighted by Crippen LogP contribution is -2.44. The molecule has 7 nitrogen and oxygen atoms in total. The fraction of sp³-hybridized carbons (Fsp3) is 0.923. The lowest BCUT2D eigenvalue weighted by atomic mass is 10.1. The minimum Gasteiger partial charge on any atom is -0.377 e. The van der Waals surface area contributed by atoms with Crippen LogP contribution in [0.4, 0.5) is 0 Å². The normalized spacial score (nSPS) is 20.6. The summed E-state index contributed by atoms with van der Waals surface area (Å²) in [6.07, 6.45) is 3.10. The number of guanidine groups is 1. The summed E-state index contributed by atoms with van der Waals surface area (Å²) >= 11 is 0. The second-order valence-corrected chi connectivity index (χ2v) is 7.38. The van der Waals surface area contributed by atoms with E-state index >= 15 is 0 Å². The van der Waals surface area contributed by atoms with Crippen molar-refractivity contribution in [2.45, 2.75) is 45.3 Å². The van der Waals surface area contributed by atoms with Gasteiger partial charge in [0.15, 0.2) is 5.96 Å². The van der Waals surface area contributed by atoms with Crippen molar-refractivity contribution < 1.29 is 13.2 Å². The smallest absolute Gasteiger partial charge is 0.213 e. The van der Waals surface area contributed by atoms with E-state index < -0.39 is 10.0 Å². The fourth-order valence-corrected chi connectivity index (χ4v) is 2.99. The molecule has 0 aromatic heterocycles. The Kier molecular flexibility index (Phi) is 7.98. The molecule has 1 heterocycles. The summed E-state index contributed by atoms with van der Waals surface area (Å²) < 4.78 is 31.9. The van der Waals surface area contributed by atoms with E-state index in [9.17, 15) is 8.42 Å². The molecule has 0 aromatic rings. The standard InChI is InChI=1S/C13H28N4O3S/c1-11(2)17-13(14-3)15-7-9-21(18,19)16-10-12-6-4-5-8-20-12/h11-12,16H,4-10H2,1-3H3,(H2,14,15,17). The van der Waals surface area contributed by atoms with Crippen LogP contribution in [0, 0.1) is 0 Å². The topological polar surface area (TPSA) is 91.8 Å². The Labute approximate surface area is 128 Å². The van der Waals surface area contributed by atoms with Gasteiger partial charge in [0, 0.05) is 32.8 Å². The third kappa shape index (κ3) is 8.23. The van der Waals surface area contributed by atoms with Crippen LogP contribution in [0.2, 0.25) is 0 Å². The highest BCUT2D eigenvalue weighted by atomic mass is 32.2. The van der Waals surface area contributed by atoms with Crippen LogP contribution < -0.4 is 15.4 Å². The van der Waals surface area contributed by atoms with Crippen molar-refractivity contribution in [1.29, 1.82) is 0 Å². The lowest BCUT2D eigenvalue weighted by molar-refractivity contribution is 0.0200. The van der Waals surface area contributed by atoms with E-state index in [4.69, 9.17) is 4.74 Å². The zero-order chi connectivity index (χ0) is 15.7. The first-order valence-electron chi connectivity index (χ1n) is 7.49. The molecular formula is C13H28N4O3S. The Morgan fingerprint density at radius 1 is 1.38 bits per heavy atom. The van der Waals surface area contributed by atoms with Crippen molar-refractivity contribution in [3.8, 4) is 0 Å². The largest absolute Gasteiger partial charge is 0.377 e. The first-order chi connectivity index (χ1) is 9.93. The maximum Gasteiger partial charge on any atom is 0.213 e. The van der Waals surface area contributed by atoms with E-state index in [0.717, 1.165) is 25.9 Å². The molecule has 21 heavy (non-hydrogen) atoms. The van der Waals surface area contributed by atoms with Gasteiger partial charge in [-0.2, -0.15) is 0 Å². The monoisotopic (exact) mass is 320 g/mol. The Balaban J connectivity index is 2.25. The molecule has 0 saturated carbocycles. The Bertz CT molecular complexity index is 417. The van der Waals surface area contributed by atoms with Crippen LogP contribution in [-0.2, 0) is 14.8 Å². The first kappa shape index (κ1) is 18.2. The van der Waals surface area contributed by atoms with Crippen molar-refractivity contribution >= 4 is 16.0 Å². The highest BCUT2D eigenvalue weighted by Crippen LogP contribution is 2.11. The van der Waals surface area contributed by atoms with Crippen LogP contribution in [0.25, 0.3) is 0 Å². The molecule has 3 N–H and O–H groups in total. The maximum absolute atomic E-state index is 11.9. The average molecular weight is 320 g/mol. The molecule has 1 rings (SSSR count). The van der Waals surface area contributed by atoms with Crippen LogP contribution in [0.1, 0.15) is 33.1 Å². The molecule has 0 bridgehead atoms. The number of hydrogen-bond donors (Lipinski definition) is 3. The molecule has 1 fully saturated rings. The van der Waals surface area contributed by atoms with E-state index in [1.807, 2.05) is 13.8 Å². The molecule has 0 aliphatic carbocycles. The zero-order valence-electron chi connectivity index (χ0n) is 13.2. The summed E-state index contributed by atoms with van der Waals surface area (Å²) in [6.45, 7) is 5.39. The predicted molar refractivity (Wildman–Crippen MR) is 85.0 cm³/mol. The minimum absolute atomic E-state index is 0.0110. The van der Waals surface area contributed by atoms with Gasteiger partial charge in [-0.25, -0.2) is 13.1 Å². The highest BCUT2D eigenvalue weighted by Gasteiger charge is 2.17. The molecule has 1 unspecified atom stereocenters. The molecule has 1 atom stereocenters. The van der Waals surface area contributed by atoms with Gasteiger partial charge in [-0.1, -0.05) is 0 Å². The number of ether oxygens (including phenoxy) is 1. The Morgan fingerprint density at radius 2 is 2.14 bits per heavy atom. The van der Waals surface area contributed by atoms with Crippen LogP contribution >= 0.6 is 0 Å². The van der Waals surface area contributed by atoms with Gasteiger partial charge in [-0.05, 0) is 33.1 Å². The van der Waals surface area contributed by atoms with Crippen LogP contribution in [0.15, 0.2) is 4.99 Å². The number of nitrogens with one attached hydrogen (secondary N) is 3. The lowest BCUT2D eigenvalue weighted by Gasteiger charge is -2.22. The number of sulfonamides is 1. The third-order valence-corrected chi connectivity index (χ3v) is 4.47. The van der Waals surface area contributed by atoms with Gasteiger partial charge in [-0.3, -0.25) is 4.99 Å². The Hall–Kier alpha value is -0.860. The van der Waals surface area contributed by atoms with E-state index in [2.05, 4.69) is 20.3 Å². The van der Waals surface area contributed by atoms with Crippen LogP contribution in [0.3, 0.4) is 0 Å². The van der Waals surface area contributed by atoms with Crippen molar-refractivity contribution in [2.24, 2.45) is 4.99 Å². The second-order valence-electron chi connectivity index (χ2n) is 5.45. The van der Waals surface area contributed by atoms with Crippen molar-refractivity contribution in [3.63, 3.8) is 0 Å². The minimum atomic E-state index is -3.29. The molecule has 0 aromatic carbocycles. The molecular weight excluding hydrogens is 292 g/mol. The summed E-state index contributed by atoms with van der Waals surface area (Å²) in [4.78, 5) is 4.03. The highest BCUT2D eigenvalue weighted by molar-refractivity contribution is 7.89. The van der Waals surface area contributed by atoms with Crippen molar-refractivity contribution in [3.05, 3.63) is 0 Å². The Morgan fingerprint density at radius 3 is 2.71 bits per heavy atom. The number of nitrogens with zero attached hydrogens (tertiary/aromatic N) is 1. The molecule has 1 saturated heterocycles. The zero-order valence-corrected chi connectivity index (χ0v) is 14.0. The predicted octanol–water partition coefficient (Wildman–Crippen LogP) is 0.0483. The second kappa shape index (κ2) is 9.22. The van der Waals surface area contributed by atoms with Gasteiger partial charge >= 0.3 is 0 Å². The fourth-order valence-electron chi connectivity index (χ4n) is 2.03. The summed E-state index contributed by atoms with van der Waals surface area (Å²) in [6, 6.07) is 0.245. The van der Waals surface area contributed by atoms with Gasteiger partial charge in [-0.15, -0.1) is 0 Å². The number of hydrogen-bond acceptors (Lipinski definition) is 4. The number of aliphatic imine (C=N–C) groups is 1. The summed E-state index contributed by atoms with van der Waals surface area (Å²) in [5.74, 6) is 0.620. The summed E-state index contributed by atoms with van der Waals surface area (Å²) in [5, 5.41) is 6.09.